The molecule has 31 heavy (non-hydrogen) atoms. The van der Waals surface area contributed by atoms with Crippen molar-refractivity contribution in [3.8, 4) is 17.1 Å². The molecule has 5 rings (SSSR count). The van der Waals surface area contributed by atoms with Crippen LogP contribution in [0.1, 0.15) is 10.6 Å². The molecule has 7 heteroatoms. The van der Waals surface area contributed by atoms with Crippen molar-refractivity contribution >= 4 is 11.7 Å². The number of para-hydroxylation sites is 1. The van der Waals surface area contributed by atoms with E-state index in [4.69, 9.17) is 0 Å². The van der Waals surface area contributed by atoms with Crippen LogP contribution in [0, 0.1) is 0 Å². The fourth-order valence-electron chi connectivity index (χ4n) is 3.75. The Bertz CT molecular complexity index is 1100. The molecule has 0 unspecified atom stereocenters. The third-order valence-electron chi connectivity index (χ3n) is 5.37. The molecule has 1 aliphatic rings. The molecule has 7 nitrogen and oxygen atoms in total. The Balaban J connectivity index is 1.40. The van der Waals surface area contributed by atoms with Gasteiger partial charge in [-0.05, 0) is 24.3 Å². The summed E-state index contributed by atoms with van der Waals surface area (Å²) in [6.07, 6.45) is 1.79. The first-order valence-corrected chi connectivity index (χ1v) is 10.3. The number of carbonyl (C=O) groups is 1. The van der Waals surface area contributed by atoms with Crippen molar-refractivity contribution in [2.24, 2.45) is 0 Å². The van der Waals surface area contributed by atoms with Crippen LogP contribution in [0.5, 0.6) is 0 Å². The Morgan fingerprint density at radius 1 is 0.774 bits per heavy atom. The van der Waals surface area contributed by atoms with Crippen LogP contribution < -0.4 is 4.90 Å². The predicted molar refractivity (Wildman–Crippen MR) is 119 cm³/mol. The second-order valence-electron chi connectivity index (χ2n) is 7.34. The Labute approximate surface area is 180 Å². The maximum absolute atomic E-state index is 13.2. The van der Waals surface area contributed by atoms with Crippen LogP contribution in [0.2, 0.25) is 0 Å². The van der Waals surface area contributed by atoms with Gasteiger partial charge in [-0.2, -0.15) is 0 Å². The summed E-state index contributed by atoms with van der Waals surface area (Å²) < 4.78 is 1.74. The number of rotatable bonds is 4. The van der Waals surface area contributed by atoms with E-state index < -0.39 is 0 Å². The van der Waals surface area contributed by atoms with Crippen LogP contribution in [-0.4, -0.2) is 56.7 Å². The number of benzene rings is 2. The average Bonchev–Trinajstić information content (AvgIpc) is 3.31. The normalized spacial score (nSPS) is 13.9. The molecule has 0 N–H and O–H groups in total. The van der Waals surface area contributed by atoms with Gasteiger partial charge in [-0.25, -0.2) is 14.6 Å². The molecule has 1 saturated heterocycles. The monoisotopic (exact) mass is 410 g/mol. The van der Waals surface area contributed by atoms with Crippen molar-refractivity contribution in [3.05, 3.63) is 90.9 Å². The van der Waals surface area contributed by atoms with Gasteiger partial charge in [0.15, 0.2) is 5.82 Å². The molecule has 4 aromatic rings. The number of amides is 1. The second-order valence-corrected chi connectivity index (χ2v) is 7.34. The quantitative estimate of drug-likeness (QED) is 0.517. The fourth-order valence-corrected chi connectivity index (χ4v) is 3.75. The Kier molecular flexibility index (Phi) is 5.14. The Hall–Kier alpha value is -4.00. The fraction of sp³-hybridized carbons (Fsp3) is 0.167. The van der Waals surface area contributed by atoms with E-state index in [9.17, 15) is 4.79 Å². The molecule has 0 saturated carbocycles. The predicted octanol–water partition coefficient (Wildman–Crippen LogP) is 3.29. The van der Waals surface area contributed by atoms with Crippen molar-refractivity contribution in [1.82, 2.24) is 24.6 Å². The third-order valence-corrected chi connectivity index (χ3v) is 5.37. The number of carbonyl (C=O) groups excluding carboxylic acids is 1. The molecule has 1 aliphatic heterocycles. The van der Waals surface area contributed by atoms with E-state index >= 15 is 0 Å². The molecule has 154 valence electrons. The molecule has 0 radical (unpaired) electrons. The summed E-state index contributed by atoms with van der Waals surface area (Å²) in [5, 5.41) is 4.60. The maximum atomic E-state index is 13.2. The first-order chi connectivity index (χ1) is 15.3. The third kappa shape index (κ3) is 3.90. The van der Waals surface area contributed by atoms with Crippen LogP contribution in [0.3, 0.4) is 0 Å². The van der Waals surface area contributed by atoms with Crippen LogP contribution in [0.25, 0.3) is 17.1 Å². The standard InChI is InChI=1S/C24H22N6O/c31-24(29-17-15-28(16-18-29)21-13-7-8-14-25-21)22-26-23(19-9-3-1-4-10-19)30(27-22)20-11-5-2-6-12-20/h1-14H,15-18H2. The first-order valence-electron chi connectivity index (χ1n) is 10.3. The lowest BCUT2D eigenvalue weighted by molar-refractivity contribution is 0.0734. The lowest BCUT2D eigenvalue weighted by Gasteiger charge is -2.34. The van der Waals surface area contributed by atoms with E-state index in [1.165, 1.54) is 0 Å². The van der Waals surface area contributed by atoms with Gasteiger partial charge in [0.1, 0.15) is 5.82 Å². The molecule has 1 fully saturated rings. The van der Waals surface area contributed by atoms with E-state index in [1.54, 1.807) is 10.9 Å². The Morgan fingerprint density at radius 2 is 1.45 bits per heavy atom. The summed E-state index contributed by atoms with van der Waals surface area (Å²) in [6.45, 7) is 2.67. The average molecular weight is 410 g/mol. The van der Waals surface area contributed by atoms with Crippen LogP contribution >= 0.6 is 0 Å². The highest BCUT2D eigenvalue weighted by Gasteiger charge is 2.27. The van der Waals surface area contributed by atoms with Gasteiger partial charge < -0.3 is 9.80 Å². The first kappa shape index (κ1) is 19.0. The van der Waals surface area contributed by atoms with E-state index in [1.807, 2.05) is 83.8 Å². The molecule has 2 aromatic carbocycles. The second kappa shape index (κ2) is 8.39. The molecule has 0 atom stereocenters. The summed E-state index contributed by atoms with van der Waals surface area (Å²) in [6, 6.07) is 25.5. The largest absolute Gasteiger partial charge is 0.353 e. The number of hydrogen-bond acceptors (Lipinski definition) is 5. The van der Waals surface area contributed by atoms with Crippen LogP contribution in [0.15, 0.2) is 85.1 Å². The van der Waals surface area contributed by atoms with Gasteiger partial charge in [0, 0.05) is 37.9 Å². The summed E-state index contributed by atoms with van der Waals surface area (Å²) in [5.74, 6) is 1.66. The maximum Gasteiger partial charge on any atom is 0.293 e. The SMILES string of the molecule is O=C(c1nc(-c2ccccc2)n(-c2ccccc2)n1)N1CCN(c2ccccn2)CC1. The highest BCUT2D eigenvalue weighted by molar-refractivity contribution is 5.91. The van der Waals surface area contributed by atoms with Crippen LogP contribution in [0.4, 0.5) is 5.82 Å². The van der Waals surface area contributed by atoms with Gasteiger partial charge in [0.2, 0.25) is 5.82 Å². The summed E-state index contributed by atoms with van der Waals surface area (Å²) >= 11 is 0. The lowest BCUT2D eigenvalue weighted by atomic mass is 10.2. The highest BCUT2D eigenvalue weighted by atomic mass is 16.2. The number of piperazine rings is 1. The summed E-state index contributed by atoms with van der Waals surface area (Å²) in [5.41, 5.74) is 1.78. The number of nitrogens with zero attached hydrogens (tertiary/aromatic N) is 6. The number of hydrogen-bond donors (Lipinski definition) is 0. The Morgan fingerprint density at radius 3 is 2.13 bits per heavy atom. The summed E-state index contributed by atoms with van der Waals surface area (Å²) in [7, 11) is 0. The highest BCUT2D eigenvalue weighted by Crippen LogP contribution is 2.22. The molecule has 0 spiro atoms. The molecule has 1 amide bonds. The van der Waals surface area contributed by atoms with E-state index in [0.717, 1.165) is 30.2 Å². The minimum atomic E-state index is -0.146. The smallest absolute Gasteiger partial charge is 0.293 e. The van der Waals surface area contributed by atoms with Gasteiger partial charge in [-0.1, -0.05) is 54.6 Å². The minimum Gasteiger partial charge on any atom is -0.353 e. The molecular weight excluding hydrogens is 388 g/mol. The lowest BCUT2D eigenvalue weighted by Crippen LogP contribution is -2.49. The van der Waals surface area contributed by atoms with Gasteiger partial charge in [-0.3, -0.25) is 4.79 Å². The van der Waals surface area contributed by atoms with E-state index in [-0.39, 0.29) is 11.7 Å². The number of aromatic nitrogens is 4. The van der Waals surface area contributed by atoms with Gasteiger partial charge in [-0.15, -0.1) is 5.10 Å². The van der Waals surface area contributed by atoms with E-state index in [2.05, 4.69) is 20.0 Å². The van der Waals surface area contributed by atoms with Gasteiger partial charge >= 0.3 is 0 Å². The van der Waals surface area contributed by atoms with Crippen molar-refractivity contribution in [2.75, 3.05) is 31.1 Å². The summed E-state index contributed by atoms with van der Waals surface area (Å²) in [4.78, 5) is 26.3. The molecule has 0 bridgehead atoms. The van der Waals surface area contributed by atoms with Gasteiger partial charge in [0.05, 0.1) is 5.69 Å². The number of pyridine rings is 1. The van der Waals surface area contributed by atoms with Crippen molar-refractivity contribution in [2.45, 2.75) is 0 Å². The van der Waals surface area contributed by atoms with Crippen molar-refractivity contribution < 1.29 is 4.79 Å². The zero-order chi connectivity index (χ0) is 21.0. The minimum absolute atomic E-state index is 0.146. The topological polar surface area (TPSA) is 67.2 Å². The zero-order valence-corrected chi connectivity index (χ0v) is 17.0. The molecule has 0 aliphatic carbocycles. The van der Waals surface area contributed by atoms with Gasteiger partial charge in [0.25, 0.3) is 5.91 Å². The zero-order valence-electron chi connectivity index (χ0n) is 17.0. The van der Waals surface area contributed by atoms with Crippen LogP contribution in [-0.2, 0) is 0 Å². The van der Waals surface area contributed by atoms with Crippen molar-refractivity contribution in [1.29, 1.82) is 0 Å². The molecule has 3 heterocycles. The molecular formula is C24H22N6O. The van der Waals surface area contributed by atoms with E-state index in [0.29, 0.717) is 18.9 Å². The molecule has 2 aromatic heterocycles. The van der Waals surface area contributed by atoms with Crippen molar-refractivity contribution in [3.63, 3.8) is 0 Å². The number of anilines is 1.